The Kier molecular flexibility index (Phi) is 4.73. The lowest BCUT2D eigenvalue weighted by Gasteiger charge is -2.15. The molecule has 0 bridgehead atoms. The van der Waals surface area contributed by atoms with Crippen molar-refractivity contribution < 1.29 is 8.78 Å². The van der Waals surface area contributed by atoms with Crippen LogP contribution in [0.25, 0.3) is 11.1 Å². The van der Waals surface area contributed by atoms with Crippen molar-refractivity contribution in [3.63, 3.8) is 0 Å². The SMILES string of the molecule is CCNC(C)c1ccc(F)c(-c2ccc(F)cc2Cl)c1. The zero-order valence-corrected chi connectivity index (χ0v) is 12.1. The molecule has 0 aromatic heterocycles. The van der Waals surface area contributed by atoms with E-state index in [1.807, 2.05) is 13.8 Å². The Balaban J connectivity index is 2.47. The molecular weight excluding hydrogens is 280 g/mol. The predicted octanol–water partition coefficient (Wildman–Crippen LogP) is 4.96. The van der Waals surface area contributed by atoms with Crippen LogP contribution in [0.3, 0.4) is 0 Å². The third kappa shape index (κ3) is 3.17. The first-order chi connectivity index (χ1) is 9.52. The number of hydrogen-bond acceptors (Lipinski definition) is 1. The van der Waals surface area contributed by atoms with E-state index in [2.05, 4.69) is 5.32 Å². The molecule has 0 aliphatic heterocycles. The quantitative estimate of drug-likeness (QED) is 0.841. The molecule has 1 N–H and O–H groups in total. The fraction of sp³-hybridized carbons (Fsp3) is 0.250. The normalized spacial score (nSPS) is 12.4. The van der Waals surface area contributed by atoms with Crippen molar-refractivity contribution in [2.45, 2.75) is 19.9 Å². The van der Waals surface area contributed by atoms with Gasteiger partial charge in [0.15, 0.2) is 0 Å². The van der Waals surface area contributed by atoms with Crippen LogP contribution in [0.2, 0.25) is 5.02 Å². The second kappa shape index (κ2) is 6.33. The van der Waals surface area contributed by atoms with Gasteiger partial charge in [0, 0.05) is 17.2 Å². The van der Waals surface area contributed by atoms with Crippen LogP contribution in [0.5, 0.6) is 0 Å². The van der Waals surface area contributed by atoms with Gasteiger partial charge in [-0.1, -0.05) is 24.6 Å². The predicted molar refractivity (Wildman–Crippen MR) is 78.9 cm³/mol. The molecule has 0 amide bonds. The maximum absolute atomic E-state index is 14.0. The molecule has 2 aromatic carbocycles. The highest BCUT2D eigenvalue weighted by atomic mass is 35.5. The van der Waals surface area contributed by atoms with Gasteiger partial charge in [0.05, 0.1) is 5.02 Å². The standard InChI is InChI=1S/C16H16ClF2N/c1-3-20-10(2)11-4-7-16(19)14(8-11)13-6-5-12(18)9-15(13)17/h4-10,20H,3H2,1-2H3. The van der Waals surface area contributed by atoms with Gasteiger partial charge in [-0.2, -0.15) is 0 Å². The summed E-state index contributed by atoms with van der Waals surface area (Å²) in [4.78, 5) is 0. The summed E-state index contributed by atoms with van der Waals surface area (Å²) in [6.45, 7) is 4.84. The van der Waals surface area contributed by atoms with Gasteiger partial charge in [-0.3, -0.25) is 0 Å². The lowest BCUT2D eigenvalue weighted by atomic mass is 9.99. The van der Waals surface area contributed by atoms with Gasteiger partial charge < -0.3 is 5.32 Å². The minimum atomic E-state index is -0.434. The molecule has 0 heterocycles. The number of rotatable bonds is 4. The Hall–Kier alpha value is -1.45. The summed E-state index contributed by atoms with van der Waals surface area (Å²) < 4.78 is 27.1. The molecule has 1 atom stereocenters. The topological polar surface area (TPSA) is 12.0 Å². The smallest absolute Gasteiger partial charge is 0.131 e. The van der Waals surface area contributed by atoms with Crippen LogP contribution in [0.4, 0.5) is 8.78 Å². The largest absolute Gasteiger partial charge is 0.310 e. The summed E-state index contributed by atoms with van der Waals surface area (Å²) in [7, 11) is 0. The van der Waals surface area contributed by atoms with Gasteiger partial charge in [0.25, 0.3) is 0 Å². The van der Waals surface area contributed by atoms with Gasteiger partial charge in [0.1, 0.15) is 11.6 Å². The van der Waals surface area contributed by atoms with Gasteiger partial charge in [-0.25, -0.2) is 8.78 Å². The van der Waals surface area contributed by atoms with Gasteiger partial charge in [-0.05, 0) is 49.4 Å². The molecule has 1 nitrogen and oxygen atoms in total. The zero-order valence-electron chi connectivity index (χ0n) is 11.4. The second-order valence-corrected chi connectivity index (χ2v) is 5.05. The molecule has 20 heavy (non-hydrogen) atoms. The lowest BCUT2D eigenvalue weighted by Crippen LogP contribution is -2.17. The van der Waals surface area contributed by atoms with E-state index in [9.17, 15) is 8.78 Å². The minimum Gasteiger partial charge on any atom is -0.310 e. The van der Waals surface area contributed by atoms with Crippen molar-refractivity contribution in [3.05, 3.63) is 58.6 Å². The second-order valence-electron chi connectivity index (χ2n) is 4.64. The molecular formula is C16H16ClF2N. The maximum Gasteiger partial charge on any atom is 0.131 e. The Morgan fingerprint density at radius 2 is 1.85 bits per heavy atom. The first-order valence-corrected chi connectivity index (χ1v) is 6.89. The summed E-state index contributed by atoms with van der Waals surface area (Å²) in [5.74, 6) is -0.803. The van der Waals surface area contributed by atoms with Crippen molar-refractivity contribution in [1.82, 2.24) is 5.32 Å². The third-order valence-corrected chi connectivity index (χ3v) is 3.53. The van der Waals surface area contributed by atoms with Crippen LogP contribution in [0.15, 0.2) is 36.4 Å². The summed E-state index contributed by atoms with van der Waals surface area (Å²) >= 11 is 6.01. The molecule has 0 saturated heterocycles. The number of halogens is 3. The van der Waals surface area contributed by atoms with E-state index in [-0.39, 0.29) is 16.9 Å². The molecule has 4 heteroatoms. The van der Waals surface area contributed by atoms with Crippen molar-refractivity contribution >= 4 is 11.6 Å². The Morgan fingerprint density at radius 1 is 1.10 bits per heavy atom. The van der Waals surface area contributed by atoms with E-state index in [4.69, 9.17) is 11.6 Å². The van der Waals surface area contributed by atoms with E-state index in [0.29, 0.717) is 11.1 Å². The van der Waals surface area contributed by atoms with Gasteiger partial charge in [0.2, 0.25) is 0 Å². The highest BCUT2D eigenvalue weighted by molar-refractivity contribution is 6.33. The molecule has 0 saturated carbocycles. The van der Waals surface area contributed by atoms with Crippen molar-refractivity contribution in [3.8, 4) is 11.1 Å². The molecule has 0 aliphatic carbocycles. The number of benzene rings is 2. The lowest BCUT2D eigenvalue weighted by molar-refractivity contribution is 0.592. The van der Waals surface area contributed by atoms with Crippen LogP contribution in [-0.4, -0.2) is 6.54 Å². The molecule has 0 spiro atoms. The van der Waals surface area contributed by atoms with Crippen molar-refractivity contribution in [2.24, 2.45) is 0 Å². The molecule has 0 fully saturated rings. The Labute approximate surface area is 122 Å². The summed E-state index contributed by atoms with van der Waals surface area (Å²) in [5.41, 5.74) is 1.84. The van der Waals surface area contributed by atoms with E-state index in [1.165, 1.54) is 24.3 Å². The number of nitrogens with one attached hydrogen (secondary N) is 1. The van der Waals surface area contributed by atoms with Gasteiger partial charge in [-0.15, -0.1) is 0 Å². The number of hydrogen-bond donors (Lipinski definition) is 1. The molecule has 0 radical (unpaired) electrons. The van der Waals surface area contributed by atoms with Crippen molar-refractivity contribution in [1.29, 1.82) is 0 Å². The van der Waals surface area contributed by atoms with Crippen LogP contribution in [0.1, 0.15) is 25.5 Å². The van der Waals surface area contributed by atoms with Gasteiger partial charge >= 0.3 is 0 Å². The first kappa shape index (κ1) is 14.9. The molecule has 0 aliphatic rings. The Morgan fingerprint density at radius 3 is 2.50 bits per heavy atom. The summed E-state index contributed by atoms with van der Waals surface area (Å²) in [6.07, 6.45) is 0. The summed E-state index contributed by atoms with van der Waals surface area (Å²) in [6, 6.07) is 8.98. The molecule has 106 valence electrons. The molecule has 2 rings (SSSR count). The van der Waals surface area contributed by atoms with Crippen LogP contribution in [0, 0.1) is 11.6 Å². The highest BCUT2D eigenvalue weighted by Crippen LogP contribution is 2.32. The third-order valence-electron chi connectivity index (χ3n) is 3.22. The molecule has 1 unspecified atom stereocenters. The Bertz CT molecular complexity index is 613. The first-order valence-electron chi connectivity index (χ1n) is 6.51. The summed E-state index contributed by atoms with van der Waals surface area (Å²) in [5, 5.41) is 3.47. The van der Waals surface area contributed by atoms with E-state index in [1.54, 1.807) is 12.1 Å². The fourth-order valence-corrected chi connectivity index (χ4v) is 2.42. The highest BCUT2D eigenvalue weighted by Gasteiger charge is 2.13. The van der Waals surface area contributed by atoms with Crippen LogP contribution >= 0.6 is 11.6 Å². The average molecular weight is 296 g/mol. The van der Waals surface area contributed by atoms with Crippen LogP contribution in [-0.2, 0) is 0 Å². The van der Waals surface area contributed by atoms with E-state index in [0.717, 1.165) is 12.1 Å². The van der Waals surface area contributed by atoms with E-state index >= 15 is 0 Å². The monoisotopic (exact) mass is 295 g/mol. The maximum atomic E-state index is 14.0. The fourth-order valence-electron chi connectivity index (χ4n) is 2.15. The molecule has 2 aromatic rings. The van der Waals surface area contributed by atoms with Crippen molar-refractivity contribution in [2.75, 3.05) is 6.54 Å². The van der Waals surface area contributed by atoms with Crippen LogP contribution < -0.4 is 5.32 Å². The van der Waals surface area contributed by atoms with E-state index < -0.39 is 5.82 Å². The minimum absolute atomic E-state index is 0.110. The average Bonchev–Trinajstić information content (AvgIpc) is 2.40. The zero-order chi connectivity index (χ0) is 14.7.